The van der Waals surface area contributed by atoms with Gasteiger partial charge >= 0.3 is 0 Å². The molecule has 0 aliphatic rings. The van der Waals surface area contributed by atoms with Crippen molar-refractivity contribution in [1.29, 1.82) is 0 Å². The molecule has 0 amide bonds. The maximum absolute atomic E-state index is 5.96. The van der Waals surface area contributed by atoms with E-state index < -0.39 is 0 Å². The molecule has 0 saturated heterocycles. The first-order valence-electron chi connectivity index (χ1n) is 5.52. The summed E-state index contributed by atoms with van der Waals surface area (Å²) in [6, 6.07) is 5.84. The molecule has 2 nitrogen and oxygen atoms in total. The minimum atomic E-state index is 0.647. The van der Waals surface area contributed by atoms with Gasteiger partial charge in [0.15, 0.2) is 4.77 Å². The van der Waals surface area contributed by atoms with Crippen molar-refractivity contribution < 1.29 is 0 Å². The van der Waals surface area contributed by atoms with E-state index >= 15 is 0 Å². The summed E-state index contributed by atoms with van der Waals surface area (Å²) in [6.45, 7) is 3.18. The average molecular weight is 287 g/mol. The predicted molar refractivity (Wildman–Crippen MR) is 79.7 cm³/mol. The summed E-state index contributed by atoms with van der Waals surface area (Å²) >= 11 is 13.2. The number of aryl methyl sites for hydroxylation is 1. The maximum Gasteiger partial charge on any atom is 0.178 e. The van der Waals surface area contributed by atoms with Crippen LogP contribution >= 0.6 is 35.6 Å². The first-order chi connectivity index (χ1) is 8.11. The van der Waals surface area contributed by atoms with Gasteiger partial charge in [0.2, 0.25) is 0 Å². The Morgan fingerprint density at radius 1 is 1.53 bits per heavy atom. The van der Waals surface area contributed by atoms with Crippen LogP contribution in [0.1, 0.15) is 13.3 Å². The van der Waals surface area contributed by atoms with Gasteiger partial charge in [0.05, 0.1) is 11.0 Å². The van der Waals surface area contributed by atoms with Crippen LogP contribution in [0.25, 0.3) is 11.0 Å². The molecule has 0 saturated carbocycles. The molecule has 0 aliphatic heterocycles. The lowest BCUT2D eigenvalue weighted by Crippen LogP contribution is -2.04. The van der Waals surface area contributed by atoms with E-state index in [0.29, 0.717) is 5.25 Å². The molecule has 1 aromatic heterocycles. The van der Waals surface area contributed by atoms with E-state index in [4.69, 9.17) is 23.8 Å². The number of aromatic nitrogens is 2. The Bertz CT molecular complexity index is 573. The monoisotopic (exact) mass is 286 g/mol. The molecule has 1 unspecified atom stereocenters. The van der Waals surface area contributed by atoms with Crippen molar-refractivity contribution in [1.82, 2.24) is 9.55 Å². The number of fused-ring (bicyclic) bond motifs is 1. The predicted octanol–water partition coefficient (Wildman–Crippen LogP) is 4.49. The Labute approximate surface area is 115 Å². The standard InChI is InChI=1S/C12H15ClN2S2/c1-8(17-2)5-6-15-11-4-3-9(13)7-10(11)14-12(15)16/h3-4,7-8H,5-6H2,1-2H3,(H,14,16). The molecule has 92 valence electrons. The zero-order valence-electron chi connectivity index (χ0n) is 9.87. The molecule has 2 aromatic rings. The zero-order valence-corrected chi connectivity index (χ0v) is 12.3. The van der Waals surface area contributed by atoms with Crippen molar-refractivity contribution >= 4 is 46.6 Å². The highest BCUT2D eigenvalue weighted by molar-refractivity contribution is 7.99. The number of rotatable bonds is 4. The summed E-state index contributed by atoms with van der Waals surface area (Å²) in [6.07, 6.45) is 3.25. The van der Waals surface area contributed by atoms with Gasteiger partial charge in [0, 0.05) is 16.8 Å². The van der Waals surface area contributed by atoms with E-state index in [0.717, 1.165) is 33.8 Å². The Morgan fingerprint density at radius 2 is 2.29 bits per heavy atom. The highest BCUT2D eigenvalue weighted by Gasteiger charge is 2.06. The van der Waals surface area contributed by atoms with E-state index in [1.807, 2.05) is 30.0 Å². The van der Waals surface area contributed by atoms with Crippen molar-refractivity contribution in [2.24, 2.45) is 0 Å². The van der Waals surface area contributed by atoms with Gasteiger partial charge in [-0.05, 0) is 43.1 Å². The molecule has 17 heavy (non-hydrogen) atoms. The molecule has 1 N–H and O–H groups in total. The van der Waals surface area contributed by atoms with Crippen LogP contribution in [0.3, 0.4) is 0 Å². The molecule has 0 aliphatic carbocycles. The lowest BCUT2D eigenvalue weighted by atomic mass is 10.3. The van der Waals surface area contributed by atoms with Gasteiger partial charge in [0.25, 0.3) is 0 Å². The third-order valence-electron chi connectivity index (χ3n) is 2.90. The van der Waals surface area contributed by atoms with Gasteiger partial charge in [0.1, 0.15) is 0 Å². The van der Waals surface area contributed by atoms with Gasteiger partial charge in [-0.2, -0.15) is 11.8 Å². The molecular formula is C12H15ClN2S2. The van der Waals surface area contributed by atoms with Crippen LogP contribution in [-0.2, 0) is 6.54 Å². The van der Waals surface area contributed by atoms with Crippen molar-refractivity contribution in [2.45, 2.75) is 25.1 Å². The van der Waals surface area contributed by atoms with Gasteiger partial charge in [-0.25, -0.2) is 0 Å². The second kappa shape index (κ2) is 5.46. The summed E-state index contributed by atoms with van der Waals surface area (Å²) in [5, 5.41) is 1.38. The lowest BCUT2D eigenvalue weighted by Gasteiger charge is -2.09. The van der Waals surface area contributed by atoms with E-state index in [-0.39, 0.29) is 0 Å². The Kier molecular flexibility index (Phi) is 4.17. The lowest BCUT2D eigenvalue weighted by molar-refractivity contribution is 0.648. The molecule has 0 radical (unpaired) electrons. The number of nitrogens with zero attached hydrogens (tertiary/aromatic N) is 1. The van der Waals surface area contributed by atoms with Crippen LogP contribution in [-0.4, -0.2) is 21.1 Å². The SMILES string of the molecule is CSC(C)CCn1c(=S)[nH]c2cc(Cl)ccc21. The van der Waals surface area contributed by atoms with Gasteiger partial charge in [-0.1, -0.05) is 18.5 Å². The highest BCUT2D eigenvalue weighted by atomic mass is 35.5. The zero-order chi connectivity index (χ0) is 12.4. The summed E-state index contributed by atoms with van der Waals surface area (Å²) in [7, 11) is 0. The minimum absolute atomic E-state index is 0.647. The first-order valence-corrected chi connectivity index (χ1v) is 7.60. The van der Waals surface area contributed by atoms with Crippen molar-refractivity contribution in [3.05, 3.63) is 28.0 Å². The third-order valence-corrected chi connectivity index (χ3v) is 4.50. The van der Waals surface area contributed by atoms with E-state index in [9.17, 15) is 0 Å². The second-order valence-corrected chi connectivity index (χ2v) is 6.18. The minimum Gasteiger partial charge on any atom is -0.331 e. The number of thioether (sulfide) groups is 1. The van der Waals surface area contributed by atoms with E-state index in [2.05, 4.69) is 22.7 Å². The number of halogens is 1. The van der Waals surface area contributed by atoms with Crippen LogP contribution < -0.4 is 0 Å². The normalized spacial score (nSPS) is 13.1. The number of imidazole rings is 1. The number of hydrogen-bond donors (Lipinski definition) is 1. The van der Waals surface area contributed by atoms with E-state index in [1.165, 1.54) is 0 Å². The largest absolute Gasteiger partial charge is 0.331 e. The second-order valence-electron chi connectivity index (χ2n) is 4.08. The molecule has 0 fully saturated rings. The Balaban J connectivity index is 2.33. The van der Waals surface area contributed by atoms with Crippen LogP contribution in [0, 0.1) is 4.77 Å². The summed E-state index contributed by atoms with van der Waals surface area (Å²) in [4.78, 5) is 3.20. The number of aromatic amines is 1. The molecular weight excluding hydrogens is 272 g/mol. The van der Waals surface area contributed by atoms with Crippen LogP contribution in [0.5, 0.6) is 0 Å². The summed E-state index contributed by atoms with van der Waals surface area (Å²) in [5.41, 5.74) is 2.15. The van der Waals surface area contributed by atoms with Crippen LogP contribution in [0.15, 0.2) is 18.2 Å². The molecule has 0 spiro atoms. The topological polar surface area (TPSA) is 20.7 Å². The molecule has 1 heterocycles. The molecule has 1 atom stereocenters. The fraction of sp³-hybridized carbons (Fsp3) is 0.417. The summed E-state index contributed by atoms with van der Waals surface area (Å²) in [5.74, 6) is 0. The smallest absolute Gasteiger partial charge is 0.178 e. The Hall–Kier alpha value is -0.450. The molecule has 5 heteroatoms. The highest BCUT2D eigenvalue weighted by Crippen LogP contribution is 2.20. The fourth-order valence-corrected chi connectivity index (χ4v) is 2.60. The average Bonchev–Trinajstić information content (AvgIpc) is 2.61. The van der Waals surface area contributed by atoms with Gasteiger partial charge in [-0.15, -0.1) is 0 Å². The molecule has 0 bridgehead atoms. The number of benzene rings is 1. The van der Waals surface area contributed by atoms with E-state index in [1.54, 1.807) is 0 Å². The summed E-state index contributed by atoms with van der Waals surface area (Å²) < 4.78 is 2.92. The number of hydrogen-bond acceptors (Lipinski definition) is 2. The fourth-order valence-electron chi connectivity index (χ4n) is 1.79. The Morgan fingerprint density at radius 3 is 3.00 bits per heavy atom. The molecule has 2 rings (SSSR count). The quantitative estimate of drug-likeness (QED) is 0.836. The molecule has 1 aromatic carbocycles. The van der Waals surface area contributed by atoms with Gasteiger partial charge < -0.3 is 9.55 Å². The number of nitrogens with one attached hydrogen (secondary N) is 1. The number of H-pyrrole nitrogens is 1. The van der Waals surface area contributed by atoms with Crippen LogP contribution in [0.2, 0.25) is 5.02 Å². The maximum atomic E-state index is 5.96. The van der Waals surface area contributed by atoms with Crippen molar-refractivity contribution in [3.8, 4) is 0 Å². The third kappa shape index (κ3) is 2.87. The van der Waals surface area contributed by atoms with Gasteiger partial charge in [-0.3, -0.25) is 0 Å². The van der Waals surface area contributed by atoms with Crippen LogP contribution in [0.4, 0.5) is 0 Å². The first kappa shape index (κ1) is 13.0. The van der Waals surface area contributed by atoms with Crippen molar-refractivity contribution in [2.75, 3.05) is 6.26 Å². The van der Waals surface area contributed by atoms with Crippen molar-refractivity contribution in [3.63, 3.8) is 0 Å².